The molecule has 6 nitrogen and oxygen atoms in total. The van der Waals surface area contributed by atoms with Gasteiger partial charge in [-0.05, 0) is 77.0 Å². The summed E-state index contributed by atoms with van der Waals surface area (Å²) >= 11 is 0. The number of carbonyl (C=O) groups excluding carboxylic acids is 3. The van der Waals surface area contributed by atoms with E-state index in [0.29, 0.717) is 19.3 Å². The highest BCUT2D eigenvalue weighted by Gasteiger charge is 2.19. The molecule has 0 aliphatic carbocycles. The molecule has 0 rings (SSSR count). The van der Waals surface area contributed by atoms with Crippen LogP contribution in [0.3, 0.4) is 0 Å². The average molecular weight is 855 g/mol. The fourth-order valence-electron chi connectivity index (χ4n) is 7.33. The lowest BCUT2D eigenvalue weighted by atomic mass is 10.0. The van der Waals surface area contributed by atoms with E-state index in [1.807, 2.05) is 0 Å². The lowest BCUT2D eigenvalue weighted by Crippen LogP contribution is -2.30. The molecular weight excluding hydrogens is 757 g/mol. The van der Waals surface area contributed by atoms with Gasteiger partial charge >= 0.3 is 17.9 Å². The first-order valence-electron chi connectivity index (χ1n) is 26.1. The highest BCUT2D eigenvalue weighted by atomic mass is 16.6. The Balaban J connectivity index is 4.17. The second-order valence-corrected chi connectivity index (χ2v) is 17.4. The van der Waals surface area contributed by atoms with E-state index in [1.54, 1.807) is 0 Å². The Labute approximate surface area is 378 Å². The van der Waals surface area contributed by atoms with Gasteiger partial charge in [0.05, 0.1) is 0 Å². The van der Waals surface area contributed by atoms with E-state index in [4.69, 9.17) is 14.2 Å². The summed E-state index contributed by atoms with van der Waals surface area (Å²) in [4.78, 5) is 37.8. The molecule has 0 radical (unpaired) electrons. The van der Waals surface area contributed by atoms with Crippen molar-refractivity contribution in [3.8, 4) is 0 Å². The van der Waals surface area contributed by atoms with Crippen LogP contribution < -0.4 is 0 Å². The van der Waals surface area contributed by atoms with Crippen LogP contribution in [0.1, 0.15) is 265 Å². The molecule has 0 aromatic heterocycles. The smallest absolute Gasteiger partial charge is 0.306 e. The van der Waals surface area contributed by atoms with Gasteiger partial charge in [0.15, 0.2) is 6.10 Å². The number of unbranched alkanes of at least 4 members (excludes halogenated alkanes) is 28. The maximum absolute atomic E-state index is 12.7. The van der Waals surface area contributed by atoms with Gasteiger partial charge < -0.3 is 14.2 Å². The van der Waals surface area contributed by atoms with Crippen molar-refractivity contribution < 1.29 is 28.6 Å². The van der Waals surface area contributed by atoms with E-state index in [1.165, 1.54) is 128 Å². The molecule has 0 aliphatic rings. The summed E-state index contributed by atoms with van der Waals surface area (Å²) in [5, 5.41) is 0. The van der Waals surface area contributed by atoms with Gasteiger partial charge in [-0.25, -0.2) is 0 Å². The molecule has 0 saturated heterocycles. The van der Waals surface area contributed by atoms with Crippen molar-refractivity contribution in [3.63, 3.8) is 0 Å². The number of allylic oxidation sites excluding steroid dienone is 8. The van der Waals surface area contributed by atoms with Crippen LogP contribution in [0.25, 0.3) is 0 Å². The standard InChI is InChI=1S/C55H98O6/c1-4-7-10-13-16-18-20-22-23-24-25-26-27-28-29-30-31-33-34-36-39-42-45-48-54(57)60-51-52(50-59-53(56)47-44-41-38-15-12-9-6-3)61-55(58)49-46-43-40-37-35-32-21-19-17-14-11-8-5-2/h11,14,19-22,24-25,52H,4-10,12-13,15-18,23,26-51H2,1-3H3/b14-11-,21-19-,22-20-,25-24-. The Morgan fingerprint density at radius 2 is 0.623 bits per heavy atom. The zero-order valence-corrected chi connectivity index (χ0v) is 40.4. The molecule has 0 heterocycles. The Hall–Kier alpha value is -2.63. The van der Waals surface area contributed by atoms with Crippen LogP contribution >= 0.6 is 0 Å². The zero-order valence-electron chi connectivity index (χ0n) is 40.4. The van der Waals surface area contributed by atoms with Gasteiger partial charge in [-0.1, -0.05) is 217 Å². The Morgan fingerprint density at radius 3 is 0.967 bits per heavy atom. The number of hydrogen-bond acceptors (Lipinski definition) is 6. The molecule has 0 spiro atoms. The minimum absolute atomic E-state index is 0.0783. The third-order valence-electron chi connectivity index (χ3n) is 11.3. The van der Waals surface area contributed by atoms with Gasteiger partial charge in [-0.2, -0.15) is 0 Å². The van der Waals surface area contributed by atoms with Crippen molar-refractivity contribution in [1.82, 2.24) is 0 Å². The van der Waals surface area contributed by atoms with E-state index >= 15 is 0 Å². The number of ether oxygens (including phenoxy) is 3. The normalized spacial score (nSPS) is 12.4. The maximum atomic E-state index is 12.7. The molecule has 0 saturated carbocycles. The Morgan fingerprint density at radius 1 is 0.328 bits per heavy atom. The molecule has 0 aromatic rings. The highest BCUT2D eigenvalue weighted by Crippen LogP contribution is 2.15. The summed E-state index contributed by atoms with van der Waals surface area (Å²) in [7, 11) is 0. The van der Waals surface area contributed by atoms with Gasteiger partial charge in [-0.15, -0.1) is 0 Å². The first-order chi connectivity index (χ1) is 30.0. The lowest BCUT2D eigenvalue weighted by Gasteiger charge is -2.18. The molecular formula is C55H98O6. The molecule has 6 heteroatoms. The highest BCUT2D eigenvalue weighted by molar-refractivity contribution is 5.71. The van der Waals surface area contributed by atoms with Crippen LogP contribution in [-0.4, -0.2) is 37.2 Å². The lowest BCUT2D eigenvalue weighted by molar-refractivity contribution is -0.167. The van der Waals surface area contributed by atoms with Crippen LogP contribution in [-0.2, 0) is 28.6 Å². The summed E-state index contributed by atoms with van der Waals surface area (Å²) in [6.07, 6.45) is 59.7. The van der Waals surface area contributed by atoms with E-state index in [-0.39, 0.29) is 31.1 Å². The maximum Gasteiger partial charge on any atom is 0.306 e. The number of esters is 3. The SMILES string of the molecule is CCC/C=C\C/C=C\CCCCCCCC(=O)OC(COC(=O)CCCCCCCCC)COC(=O)CCCCCCCCCCCCC/C=C\C/C=C\CCCCCCC. The molecule has 1 unspecified atom stereocenters. The Bertz CT molecular complexity index is 1070. The van der Waals surface area contributed by atoms with E-state index < -0.39 is 6.10 Å². The number of carbonyl (C=O) groups is 3. The van der Waals surface area contributed by atoms with Crippen molar-refractivity contribution in [3.05, 3.63) is 48.6 Å². The minimum Gasteiger partial charge on any atom is -0.462 e. The molecule has 61 heavy (non-hydrogen) atoms. The van der Waals surface area contributed by atoms with Crippen molar-refractivity contribution in [2.24, 2.45) is 0 Å². The fraction of sp³-hybridized carbons (Fsp3) is 0.800. The Kier molecular flexibility index (Phi) is 47.9. The van der Waals surface area contributed by atoms with Crippen LogP contribution in [0.2, 0.25) is 0 Å². The average Bonchev–Trinajstić information content (AvgIpc) is 3.26. The molecule has 0 bridgehead atoms. The predicted molar refractivity (Wildman–Crippen MR) is 261 cm³/mol. The molecule has 354 valence electrons. The predicted octanol–water partition coefficient (Wildman–Crippen LogP) is 17.1. The summed E-state index contributed by atoms with van der Waals surface area (Å²) in [5.41, 5.74) is 0. The molecule has 0 aromatic carbocycles. The summed E-state index contributed by atoms with van der Waals surface area (Å²) < 4.78 is 16.7. The zero-order chi connectivity index (χ0) is 44.4. The van der Waals surface area contributed by atoms with Crippen LogP contribution in [0.15, 0.2) is 48.6 Å². The second-order valence-electron chi connectivity index (χ2n) is 17.4. The molecule has 1 atom stereocenters. The van der Waals surface area contributed by atoms with Crippen LogP contribution in [0.4, 0.5) is 0 Å². The third-order valence-corrected chi connectivity index (χ3v) is 11.3. The molecule has 0 aliphatic heterocycles. The van der Waals surface area contributed by atoms with Crippen molar-refractivity contribution >= 4 is 17.9 Å². The molecule has 0 N–H and O–H groups in total. The minimum atomic E-state index is -0.776. The number of rotatable bonds is 47. The van der Waals surface area contributed by atoms with E-state index in [2.05, 4.69) is 69.4 Å². The van der Waals surface area contributed by atoms with Crippen molar-refractivity contribution in [2.45, 2.75) is 271 Å². The first-order valence-corrected chi connectivity index (χ1v) is 26.1. The largest absolute Gasteiger partial charge is 0.462 e. The fourth-order valence-corrected chi connectivity index (χ4v) is 7.33. The quantitative estimate of drug-likeness (QED) is 0.0263. The topological polar surface area (TPSA) is 78.9 Å². The second kappa shape index (κ2) is 50.0. The summed E-state index contributed by atoms with van der Waals surface area (Å²) in [5.74, 6) is -0.896. The van der Waals surface area contributed by atoms with Gasteiger partial charge in [0.25, 0.3) is 0 Å². The van der Waals surface area contributed by atoms with Gasteiger partial charge in [0, 0.05) is 19.3 Å². The van der Waals surface area contributed by atoms with E-state index in [0.717, 1.165) is 96.3 Å². The van der Waals surface area contributed by atoms with Gasteiger partial charge in [-0.3, -0.25) is 14.4 Å². The van der Waals surface area contributed by atoms with Crippen molar-refractivity contribution in [1.29, 1.82) is 0 Å². The van der Waals surface area contributed by atoms with Gasteiger partial charge in [0.1, 0.15) is 13.2 Å². The van der Waals surface area contributed by atoms with E-state index in [9.17, 15) is 14.4 Å². The van der Waals surface area contributed by atoms with Crippen LogP contribution in [0, 0.1) is 0 Å². The van der Waals surface area contributed by atoms with Gasteiger partial charge in [0.2, 0.25) is 0 Å². The monoisotopic (exact) mass is 855 g/mol. The molecule has 0 amide bonds. The van der Waals surface area contributed by atoms with Crippen LogP contribution in [0.5, 0.6) is 0 Å². The number of hydrogen-bond donors (Lipinski definition) is 0. The summed E-state index contributed by atoms with van der Waals surface area (Å²) in [6, 6.07) is 0. The summed E-state index contributed by atoms with van der Waals surface area (Å²) in [6.45, 7) is 6.52. The van der Waals surface area contributed by atoms with Crippen molar-refractivity contribution in [2.75, 3.05) is 13.2 Å². The molecule has 0 fully saturated rings. The third kappa shape index (κ3) is 48.3. The first kappa shape index (κ1) is 58.4.